The number of Topliss-reactive ketones (excluding diaryl/α,β-unsaturated/α-hetero) is 1. The van der Waals surface area contributed by atoms with Gasteiger partial charge >= 0.3 is 0 Å². The highest BCUT2D eigenvalue weighted by molar-refractivity contribution is 5.80. The Balaban J connectivity index is 3.21. The average molecular weight is 185 g/mol. The molecule has 0 rings (SSSR count). The lowest BCUT2D eigenvalue weighted by atomic mass is 10.0. The van der Waals surface area contributed by atoms with Crippen molar-refractivity contribution in [3.63, 3.8) is 0 Å². The summed E-state index contributed by atoms with van der Waals surface area (Å²) in [7, 11) is 0. The summed E-state index contributed by atoms with van der Waals surface area (Å²) in [5, 5.41) is 3.33. The highest BCUT2D eigenvalue weighted by Crippen LogP contribution is 2.00. The second-order valence-electron chi connectivity index (χ2n) is 4.32. The van der Waals surface area contributed by atoms with Crippen molar-refractivity contribution in [3.05, 3.63) is 0 Å². The van der Waals surface area contributed by atoms with Crippen LogP contribution in [-0.2, 0) is 4.79 Å². The van der Waals surface area contributed by atoms with E-state index in [-0.39, 0.29) is 5.92 Å². The number of hydrogen-bond acceptors (Lipinski definition) is 2. The van der Waals surface area contributed by atoms with Crippen LogP contribution in [0, 0.1) is 11.8 Å². The maximum Gasteiger partial charge on any atom is 0.135 e. The molecule has 0 radical (unpaired) electrons. The molecule has 0 spiro atoms. The second kappa shape index (κ2) is 7.07. The number of ketones is 1. The Morgan fingerprint density at radius 2 is 1.85 bits per heavy atom. The topological polar surface area (TPSA) is 29.1 Å². The second-order valence-corrected chi connectivity index (χ2v) is 4.32. The van der Waals surface area contributed by atoms with E-state index in [0.29, 0.717) is 11.7 Å². The van der Waals surface area contributed by atoms with Gasteiger partial charge in [0.05, 0.1) is 0 Å². The van der Waals surface area contributed by atoms with Crippen molar-refractivity contribution in [1.29, 1.82) is 0 Å². The van der Waals surface area contributed by atoms with E-state index in [1.54, 1.807) is 0 Å². The molecule has 0 heterocycles. The minimum absolute atomic E-state index is 0.199. The molecule has 2 heteroatoms. The van der Waals surface area contributed by atoms with Crippen molar-refractivity contribution >= 4 is 5.78 Å². The normalized spacial score (nSPS) is 11.2. The van der Waals surface area contributed by atoms with Gasteiger partial charge in [0.15, 0.2) is 0 Å². The van der Waals surface area contributed by atoms with Crippen LogP contribution in [0.3, 0.4) is 0 Å². The Hall–Kier alpha value is -0.370. The Morgan fingerprint density at radius 3 is 2.31 bits per heavy atom. The predicted octanol–water partition coefficient (Wildman–Crippen LogP) is 2.24. The van der Waals surface area contributed by atoms with Crippen LogP contribution in [0.15, 0.2) is 0 Å². The molecule has 0 aromatic heterocycles. The summed E-state index contributed by atoms with van der Waals surface area (Å²) in [6, 6.07) is 0. The third-order valence-electron chi connectivity index (χ3n) is 1.97. The van der Waals surface area contributed by atoms with Crippen LogP contribution in [0.4, 0.5) is 0 Å². The summed E-state index contributed by atoms with van der Waals surface area (Å²) in [5.41, 5.74) is 0. The number of hydrogen-bond donors (Lipinski definition) is 1. The molecule has 0 fully saturated rings. The predicted molar refractivity (Wildman–Crippen MR) is 56.8 cm³/mol. The van der Waals surface area contributed by atoms with Gasteiger partial charge in [-0.05, 0) is 25.4 Å². The highest BCUT2D eigenvalue weighted by atomic mass is 16.1. The van der Waals surface area contributed by atoms with E-state index in [0.717, 1.165) is 25.9 Å². The summed E-state index contributed by atoms with van der Waals surface area (Å²) >= 11 is 0. The van der Waals surface area contributed by atoms with Gasteiger partial charge in [-0.15, -0.1) is 0 Å². The summed E-state index contributed by atoms with van der Waals surface area (Å²) in [6.07, 6.45) is 1.70. The van der Waals surface area contributed by atoms with E-state index in [1.807, 2.05) is 13.8 Å². The molecule has 0 aliphatic carbocycles. The van der Waals surface area contributed by atoms with Gasteiger partial charge in [-0.1, -0.05) is 27.7 Å². The molecular weight excluding hydrogens is 162 g/mol. The number of rotatable bonds is 7. The summed E-state index contributed by atoms with van der Waals surface area (Å²) in [5.74, 6) is 1.28. The third-order valence-corrected chi connectivity index (χ3v) is 1.97. The smallest absolute Gasteiger partial charge is 0.135 e. The molecule has 78 valence electrons. The molecule has 0 bridgehead atoms. The lowest BCUT2D eigenvalue weighted by molar-refractivity contribution is -0.121. The molecule has 13 heavy (non-hydrogen) atoms. The zero-order valence-corrected chi connectivity index (χ0v) is 9.39. The first-order valence-electron chi connectivity index (χ1n) is 5.27. The van der Waals surface area contributed by atoms with E-state index in [2.05, 4.69) is 19.2 Å². The van der Waals surface area contributed by atoms with E-state index < -0.39 is 0 Å². The van der Waals surface area contributed by atoms with Crippen LogP contribution in [0.5, 0.6) is 0 Å². The SMILES string of the molecule is CC(C)CNCCCC(=O)C(C)C. The van der Waals surface area contributed by atoms with Gasteiger partial charge in [0.1, 0.15) is 5.78 Å². The van der Waals surface area contributed by atoms with Gasteiger partial charge in [-0.25, -0.2) is 0 Å². The summed E-state index contributed by atoms with van der Waals surface area (Å²) in [6.45, 7) is 10.3. The molecule has 0 amide bonds. The van der Waals surface area contributed by atoms with Crippen LogP contribution in [0.25, 0.3) is 0 Å². The van der Waals surface area contributed by atoms with Crippen LogP contribution in [0.1, 0.15) is 40.5 Å². The van der Waals surface area contributed by atoms with Gasteiger partial charge in [-0.2, -0.15) is 0 Å². The first-order chi connectivity index (χ1) is 6.04. The van der Waals surface area contributed by atoms with Gasteiger partial charge in [-0.3, -0.25) is 4.79 Å². The molecule has 0 atom stereocenters. The van der Waals surface area contributed by atoms with Crippen molar-refractivity contribution in [2.45, 2.75) is 40.5 Å². The van der Waals surface area contributed by atoms with Crippen LogP contribution < -0.4 is 5.32 Å². The van der Waals surface area contributed by atoms with E-state index in [4.69, 9.17) is 0 Å². The molecule has 0 aromatic rings. The molecule has 0 unspecified atom stereocenters. The molecule has 2 nitrogen and oxygen atoms in total. The van der Waals surface area contributed by atoms with E-state index >= 15 is 0 Å². The molecule has 0 saturated heterocycles. The van der Waals surface area contributed by atoms with Crippen molar-refractivity contribution in [2.24, 2.45) is 11.8 Å². The van der Waals surface area contributed by atoms with Crippen molar-refractivity contribution in [3.8, 4) is 0 Å². The quantitative estimate of drug-likeness (QED) is 0.616. The van der Waals surface area contributed by atoms with E-state index in [1.165, 1.54) is 0 Å². The maximum atomic E-state index is 11.2. The molecule has 0 aliphatic rings. The minimum atomic E-state index is 0.199. The van der Waals surface area contributed by atoms with Crippen LogP contribution >= 0.6 is 0 Å². The van der Waals surface area contributed by atoms with E-state index in [9.17, 15) is 4.79 Å². The average Bonchev–Trinajstić information content (AvgIpc) is 2.02. The van der Waals surface area contributed by atoms with Crippen LogP contribution in [0.2, 0.25) is 0 Å². The zero-order chi connectivity index (χ0) is 10.3. The fourth-order valence-electron chi connectivity index (χ4n) is 1.07. The monoisotopic (exact) mass is 185 g/mol. The fourth-order valence-corrected chi connectivity index (χ4v) is 1.07. The van der Waals surface area contributed by atoms with Crippen LogP contribution in [-0.4, -0.2) is 18.9 Å². The zero-order valence-electron chi connectivity index (χ0n) is 9.39. The number of nitrogens with one attached hydrogen (secondary N) is 1. The molecular formula is C11H23NO. The first-order valence-corrected chi connectivity index (χ1v) is 5.27. The first kappa shape index (κ1) is 12.6. The molecule has 1 N–H and O–H groups in total. The Morgan fingerprint density at radius 1 is 1.23 bits per heavy atom. The van der Waals surface area contributed by atoms with Crippen molar-refractivity contribution in [1.82, 2.24) is 5.32 Å². The Labute approximate surface area is 82.1 Å². The lowest BCUT2D eigenvalue weighted by Gasteiger charge is -2.07. The Kier molecular flexibility index (Phi) is 6.87. The molecule has 0 aliphatic heterocycles. The third kappa shape index (κ3) is 7.97. The summed E-state index contributed by atoms with van der Waals surface area (Å²) in [4.78, 5) is 11.2. The number of carbonyl (C=O) groups excluding carboxylic acids is 1. The van der Waals surface area contributed by atoms with Crippen molar-refractivity contribution in [2.75, 3.05) is 13.1 Å². The minimum Gasteiger partial charge on any atom is -0.316 e. The van der Waals surface area contributed by atoms with Gasteiger partial charge in [0, 0.05) is 12.3 Å². The van der Waals surface area contributed by atoms with Crippen molar-refractivity contribution < 1.29 is 4.79 Å². The molecule has 0 saturated carbocycles. The fraction of sp³-hybridized carbons (Fsp3) is 0.909. The summed E-state index contributed by atoms with van der Waals surface area (Å²) < 4.78 is 0. The lowest BCUT2D eigenvalue weighted by Crippen LogP contribution is -2.21. The highest BCUT2D eigenvalue weighted by Gasteiger charge is 2.05. The molecule has 0 aromatic carbocycles. The largest absolute Gasteiger partial charge is 0.316 e. The number of carbonyl (C=O) groups is 1. The standard InChI is InChI=1S/C11H23NO/c1-9(2)8-12-7-5-6-11(13)10(3)4/h9-10,12H,5-8H2,1-4H3. The van der Waals surface area contributed by atoms with Gasteiger partial charge in [0.2, 0.25) is 0 Å². The van der Waals surface area contributed by atoms with Gasteiger partial charge in [0.25, 0.3) is 0 Å². The maximum absolute atomic E-state index is 11.2. The Bertz CT molecular complexity index is 141. The van der Waals surface area contributed by atoms with Gasteiger partial charge < -0.3 is 5.32 Å².